The summed E-state index contributed by atoms with van der Waals surface area (Å²) in [5.74, 6) is 0.614. The van der Waals surface area contributed by atoms with E-state index in [0.29, 0.717) is 17.3 Å². The van der Waals surface area contributed by atoms with Gasteiger partial charge in [0.2, 0.25) is 0 Å². The van der Waals surface area contributed by atoms with Crippen molar-refractivity contribution in [2.24, 2.45) is 0 Å². The second-order valence-electron chi connectivity index (χ2n) is 5.62. The summed E-state index contributed by atoms with van der Waals surface area (Å²) in [5, 5.41) is 5.67. The van der Waals surface area contributed by atoms with Gasteiger partial charge in [-0.05, 0) is 49.4 Å². The van der Waals surface area contributed by atoms with Gasteiger partial charge in [-0.1, -0.05) is 11.6 Å². The second-order valence-corrected chi connectivity index (χ2v) is 6.03. The average molecular weight is 387 g/mol. The number of hydrogen-bond acceptors (Lipinski definition) is 5. The maximum Gasteiger partial charge on any atom is 0.274 e. The van der Waals surface area contributed by atoms with E-state index in [1.54, 1.807) is 14.0 Å². The Morgan fingerprint density at radius 1 is 1.07 bits per heavy atom. The SMILES string of the molecule is COc1ccc(Nc2cc(C(=O)Nc3ccc(F)c(Cl)c3)nc(C)n2)cc1. The van der Waals surface area contributed by atoms with E-state index in [4.69, 9.17) is 16.3 Å². The smallest absolute Gasteiger partial charge is 0.274 e. The maximum absolute atomic E-state index is 13.2. The number of hydrogen-bond donors (Lipinski definition) is 2. The van der Waals surface area contributed by atoms with Crippen molar-refractivity contribution in [2.75, 3.05) is 17.7 Å². The van der Waals surface area contributed by atoms with Gasteiger partial charge in [0, 0.05) is 17.4 Å². The average Bonchev–Trinajstić information content (AvgIpc) is 2.65. The summed E-state index contributed by atoms with van der Waals surface area (Å²) in [5.41, 5.74) is 1.32. The number of ether oxygens (including phenoxy) is 1. The molecule has 3 aromatic rings. The molecule has 0 aliphatic heterocycles. The molecule has 2 N–H and O–H groups in total. The second kappa shape index (κ2) is 8.01. The first-order valence-electron chi connectivity index (χ1n) is 7.98. The van der Waals surface area contributed by atoms with E-state index in [-0.39, 0.29) is 10.7 Å². The Hall–Kier alpha value is -3.19. The summed E-state index contributed by atoms with van der Waals surface area (Å²) in [6, 6.07) is 12.7. The van der Waals surface area contributed by atoms with Gasteiger partial charge in [-0.25, -0.2) is 14.4 Å². The summed E-state index contributed by atoms with van der Waals surface area (Å²) < 4.78 is 18.4. The topological polar surface area (TPSA) is 76.1 Å². The van der Waals surface area contributed by atoms with Crippen LogP contribution in [0, 0.1) is 12.7 Å². The quantitative estimate of drug-likeness (QED) is 0.671. The Balaban J connectivity index is 1.79. The summed E-state index contributed by atoms with van der Waals surface area (Å²) in [6.45, 7) is 1.69. The van der Waals surface area contributed by atoms with Gasteiger partial charge in [0.05, 0.1) is 12.1 Å². The van der Waals surface area contributed by atoms with Crippen molar-refractivity contribution in [3.8, 4) is 5.75 Å². The lowest BCUT2D eigenvalue weighted by Gasteiger charge is -2.10. The molecule has 2 aromatic carbocycles. The van der Waals surface area contributed by atoms with Crippen LogP contribution in [0.25, 0.3) is 0 Å². The molecule has 3 rings (SSSR count). The zero-order valence-corrected chi connectivity index (χ0v) is 15.3. The lowest BCUT2D eigenvalue weighted by atomic mass is 10.2. The van der Waals surface area contributed by atoms with E-state index >= 15 is 0 Å². The number of benzene rings is 2. The molecule has 0 unspecified atom stereocenters. The van der Waals surface area contributed by atoms with Crippen molar-refractivity contribution in [2.45, 2.75) is 6.92 Å². The minimum absolute atomic E-state index is 0.0754. The first-order chi connectivity index (χ1) is 12.9. The van der Waals surface area contributed by atoms with Crippen LogP contribution in [-0.2, 0) is 0 Å². The van der Waals surface area contributed by atoms with Crippen LogP contribution in [0.1, 0.15) is 16.3 Å². The number of amides is 1. The van der Waals surface area contributed by atoms with Crippen molar-refractivity contribution in [3.05, 3.63) is 70.9 Å². The molecule has 0 aliphatic rings. The number of carbonyl (C=O) groups excluding carboxylic acids is 1. The van der Waals surface area contributed by atoms with E-state index in [1.165, 1.54) is 24.3 Å². The van der Waals surface area contributed by atoms with Gasteiger partial charge in [-0.2, -0.15) is 0 Å². The minimum atomic E-state index is -0.557. The van der Waals surface area contributed by atoms with E-state index in [0.717, 1.165) is 11.4 Å². The van der Waals surface area contributed by atoms with Crippen LogP contribution in [0.2, 0.25) is 5.02 Å². The molecule has 27 heavy (non-hydrogen) atoms. The van der Waals surface area contributed by atoms with Gasteiger partial charge < -0.3 is 15.4 Å². The molecule has 0 radical (unpaired) electrons. The summed E-state index contributed by atoms with van der Waals surface area (Å²) in [4.78, 5) is 20.9. The van der Waals surface area contributed by atoms with Gasteiger partial charge in [0.25, 0.3) is 5.91 Å². The van der Waals surface area contributed by atoms with E-state index < -0.39 is 11.7 Å². The first-order valence-corrected chi connectivity index (χ1v) is 8.35. The van der Waals surface area contributed by atoms with Crippen molar-refractivity contribution >= 4 is 34.7 Å². The number of nitrogens with zero attached hydrogens (tertiary/aromatic N) is 2. The zero-order valence-electron chi connectivity index (χ0n) is 14.6. The highest BCUT2D eigenvalue weighted by Gasteiger charge is 2.12. The number of rotatable bonds is 5. The number of nitrogens with one attached hydrogen (secondary N) is 2. The molecule has 0 spiro atoms. The molecule has 1 amide bonds. The predicted molar refractivity (Wildman–Crippen MR) is 102 cm³/mol. The van der Waals surface area contributed by atoms with Crippen LogP contribution in [0.3, 0.4) is 0 Å². The molecule has 0 bridgehead atoms. The molecule has 0 fully saturated rings. The molecular weight excluding hydrogens is 371 g/mol. The van der Waals surface area contributed by atoms with Gasteiger partial charge in [-0.15, -0.1) is 0 Å². The number of aryl methyl sites for hydroxylation is 1. The lowest BCUT2D eigenvalue weighted by Crippen LogP contribution is -2.15. The standard InChI is InChI=1S/C19H16ClFN4O2/c1-11-22-17(19(26)25-13-5-8-16(21)15(20)9-13)10-18(23-11)24-12-3-6-14(27-2)7-4-12/h3-10H,1-2H3,(H,25,26)(H,22,23,24). The van der Waals surface area contributed by atoms with Crippen LogP contribution in [0.15, 0.2) is 48.5 Å². The fourth-order valence-corrected chi connectivity index (χ4v) is 2.52. The normalized spacial score (nSPS) is 10.4. The molecule has 0 saturated carbocycles. The zero-order chi connectivity index (χ0) is 19.4. The van der Waals surface area contributed by atoms with Crippen LogP contribution in [-0.4, -0.2) is 23.0 Å². The Kier molecular flexibility index (Phi) is 5.52. The Morgan fingerprint density at radius 3 is 2.44 bits per heavy atom. The largest absolute Gasteiger partial charge is 0.497 e. The van der Waals surface area contributed by atoms with E-state index in [1.807, 2.05) is 24.3 Å². The maximum atomic E-state index is 13.2. The van der Waals surface area contributed by atoms with Crippen LogP contribution < -0.4 is 15.4 Å². The number of halogens is 2. The third-order valence-electron chi connectivity index (χ3n) is 3.61. The molecule has 8 heteroatoms. The third-order valence-corrected chi connectivity index (χ3v) is 3.90. The lowest BCUT2D eigenvalue weighted by molar-refractivity contribution is 0.102. The highest BCUT2D eigenvalue weighted by molar-refractivity contribution is 6.31. The van der Waals surface area contributed by atoms with Gasteiger partial charge in [-0.3, -0.25) is 4.79 Å². The fourth-order valence-electron chi connectivity index (χ4n) is 2.34. The number of aromatic nitrogens is 2. The van der Waals surface area contributed by atoms with Crippen LogP contribution in [0.4, 0.5) is 21.6 Å². The molecule has 1 aromatic heterocycles. The third kappa shape index (κ3) is 4.71. The molecule has 138 valence electrons. The van der Waals surface area contributed by atoms with E-state index in [2.05, 4.69) is 20.6 Å². The van der Waals surface area contributed by atoms with E-state index in [9.17, 15) is 9.18 Å². The number of carbonyl (C=O) groups is 1. The molecule has 0 saturated heterocycles. The Bertz CT molecular complexity index is 980. The Labute approximate surface area is 160 Å². The summed E-state index contributed by atoms with van der Waals surface area (Å²) in [6.07, 6.45) is 0. The minimum Gasteiger partial charge on any atom is -0.497 e. The highest BCUT2D eigenvalue weighted by atomic mass is 35.5. The van der Waals surface area contributed by atoms with Crippen molar-refractivity contribution in [1.29, 1.82) is 0 Å². The first kappa shape index (κ1) is 18.6. The van der Waals surface area contributed by atoms with Gasteiger partial charge in [0.15, 0.2) is 0 Å². The summed E-state index contributed by atoms with van der Waals surface area (Å²) in [7, 11) is 1.59. The number of methoxy groups -OCH3 is 1. The monoisotopic (exact) mass is 386 g/mol. The predicted octanol–water partition coefficient (Wildman–Crippen LogP) is 4.58. The highest BCUT2D eigenvalue weighted by Crippen LogP contribution is 2.21. The van der Waals surface area contributed by atoms with Crippen LogP contribution >= 0.6 is 11.6 Å². The fraction of sp³-hybridized carbons (Fsp3) is 0.105. The molecular formula is C19H16ClFN4O2. The number of anilines is 3. The molecule has 1 heterocycles. The molecule has 0 aliphatic carbocycles. The summed E-state index contributed by atoms with van der Waals surface area (Å²) >= 11 is 5.73. The van der Waals surface area contributed by atoms with Crippen molar-refractivity contribution in [1.82, 2.24) is 9.97 Å². The van der Waals surface area contributed by atoms with Gasteiger partial charge >= 0.3 is 0 Å². The van der Waals surface area contributed by atoms with Crippen LogP contribution in [0.5, 0.6) is 5.75 Å². The Morgan fingerprint density at radius 2 is 1.78 bits per heavy atom. The molecule has 0 atom stereocenters. The van der Waals surface area contributed by atoms with Gasteiger partial charge in [0.1, 0.15) is 28.9 Å². The van der Waals surface area contributed by atoms with Crippen molar-refractivity contribution in [3.63, 3.8) is 0 Å². The van der Waals surface area contributed by atoms with Crippen molar-refractivity contribution < 1.29 is 13.9 Å². The molecule has 6 nitrogen and oxygen atoms in total.